The van der Waals surface area contributed by atoms with Crippen molar-refractivity contribution in [3.05, 3.63) is 0 Å². The van der Waals surface area contributed by atoms with Crippen LogP contribution in [0.5, 0.6) is 0 Å². The molecular weight excluding hydrogens is 250 g/mol. The maximum absolute atomic E-state index is 9.34. The molecule has 1 N–H and O–H groups in total. The van der Waals surface area contributed by atoms with E-state index in [0.29, 0.717) is 12.1 Å². The molecule has 1 heterocycles. The Bertz CT molecular complexity index is 307. The van der Waals surface area contributed by atoms with Gasteiger partial charge >= 0.3 is 0 Å². The Morgan fingerprint density at radius 1 is 1.50 bits per heavy atom. The van der Waals surface area contributed by atoms with Gasteiger partial charge in [0.1, 0.15) is 5.54 Å². The van der Waals surface area contributed by atoms with Crippen molar-refractivity contribution in [2.75, 3.05) is 26.2 Å². The van der Waals surface area contributed by atoms with Gasteiger partial charge in [-0.3, -0.25) is 5.32 Å². The molecule has 0 aromatic carbocycles. The van der Waals surface area contributed by atoms with E-state index < -0.39 is 5.54 Å². The van der Waals surface area contributed by atoms with Crippen molar-refractivity contribution in [3.63, 3.8) is 0 Å². The van der Waals surface area contributed by atoms with Crippen LogP contribution >= 0.6 is 0 Å². The molecule has 1 rings (SSSR count). The van der Waals surface area contributed by atoms with E-state index in [1.165, 1.54) is 12.8 Å². The topological polar surface area (TPSA) is 48.3 Å². The molecule has 1 aliphatic heterocycles. The summed E-state index contributed by atoms with van der Waals surface area (Å²) < 4.78 is 5.70. The zero-order valence-corrected chi connectivity index (χ0v) is 13.6. The molecule has 0 spiro atoms. The first-order chi connectivity index (χ1) is 9.49. The van der Waals surface area contributed by atoms with Gasteiger partial charge in [0.2, 0.25) is 0 Å². The molecule has 4 heteroatoms. The van der Waals surface area contributed by atoms with E-state index in [4.69, 9.17) is 4.74 Å². The van der Waals surface area contributed by atoms with Crippen LogP contribution in [0.2, 0.25) is 0 Å². The van der Waals surface area contributed by atoms with Crippen molar-refractivity contribution < 1.29 is 4.74 Å². The van der Waals surface area contributed by atoms with Gasteiger partial charge in [0.25, 0.3) is 0 Å². The lowest BCUT2D eigenvalue weighted by atomic mass is 9.96. The summed E-state index contributed by atoms with van der Waals surface area (Å²) in [5.74, 6) is 0. The van der Waals surface area contributed by atoms with E-state index >= 15 is 0 Å². The summed E-state index contributed by atoms with van der Waals surface area (Å²) >= 11 is 0. The number of hydrogen-bond acceptors (Lipinski definition) is 4. The number of hydrogen-bond donors (Lipinski definition) is 1. The number of nitrogens with zero attached hydrogens (tertiary/aromatic N) is 2. The number of nitriles is 1. The van der Waals surface area contributed by atoms with Crippen LogP contribution in [0.25, 0.3) is 0 Å². The van der Waals surface area contributed by atoms with E-state index in [9.17, 15) is 5.26 Å². The van der Waals surface area contributed by atoms with Gasteiger partial charge in [-0.05, 0) is 59.5 Å². The molecular formula is C16H31N3O. The Labute approximate surface area is 124 Å². The second kappa shape index (κ2) is 8.61. The van der Waals surface area contributed by atoms with Crippen LogP contribution in [0.3, 0.4) is 0 Å². The van der Waals surface area contributed by atoms with E-state index in [0.717, 1.165) is 39.1 Å². The van der Waals surface area contributed by atoms with Gasteiger partial charge in [0, 0.05) is 19.2 Å². The molecule has 1 aliphatic rings. The van der Waals surface area contributed by atoms with Crippen LogP contribution < -0.4 is 5.32 Å². The highest BCUT2D eigenvalue weighted by Gasteiger charge is 2.24. The maximum atomic E-state index is 9.34. The zero-order chi connectivity index (χ0) is 15.0. The molecule has 0 aromatic rings. The average Bonchev–Trinajstić information content (AvgIpc) is 2.89. The first-order valence-corrected chi connectivity index (χ1v) is 8.02. The highest BCUT2D eigenvalue weighted by Crippen LogP contribution is 2.16. The van der Waals surface area contributed by atoms with Crippen LogP contribution in [0, 0.1) is 11.3 Å². The van der Waals surface area contributed by atoms with E-state index in [2.05, 4.69) is 37.1 Å². The largest absolute Gasteiger partial charge is 0.377 e. The molecule has 2 unspecified atom stereocenters. The number of likely N-dealkylation sites (N-methyl/N-ethyl adjacent to an activating group) is 1. The lowest BCUT2D eigenvalue weighted by molar-refractivity contribution is 0.0738. The Balaban J connectivity index is 2.30. The number of nitrogens with one attached hydrogen (secondary N) is 1. The van der Waals surface area contributed by atoms with Crippen LogP contribution in [0.1, 0.15) is 53.4 Å². The van der Waals surface area contributed by atoms with Crippen molar-refractivity contribution in [3.8, 4) is 6.07 Å². The highest BCUT2D eigenvalue weighted by atomic mass is 16.5. The Hall–Kier alpha value is -0.630. The van der Waals surface area contributed by atoms with Gasteiger partial charge in [-0.15, -0.1) is 0 Å². The van der Waals surface area contributed by atoms with Crippen LogP contribution in [0.15, 0.2) is 0 Å². The van der Waals surface area contributed by atoms with Crippen molar-refractivity contribution in [1.82, 2.24) is 10.2 Å². The molecule has 0 amide bonds. The van der Waals surface area contributed by atoms with Crippen LogP contribution in [0.4, 0.5) is 0 Å². The van der Waals surface area contributed by atoms with Crippen molar-refractivity contribution in [2.24, 2.45) is 0 Å². The zero-order valence-electron chi connectivity index (χ0n) is 13.6. The molecule has 0 bridgehead atoms. The van der Waals surface area contributed by atoms with Crippen molar-refractivity contribution in [2.45, 2.75) is 71.1 Å². The second-order valence-electron chi connectivity index (χ2n) is 6.37. The highest BCUT2D eigenvalue weighted by molar-refractivity contribution is 5.04. The summed E-state index contributed by atoms with van der Waals surface area (Å²) in [6, 6.07) is 2.76. The standard InChI is InChI=1S/C16H31N3O/c1-5-19(12-15-8-6-11-20-15)10-7-9-16(4,13-17)18-14(2)3/h14-15,18H,5-12H2,1-4H3. The molecule has 2 atom stereocenters. The fourth-order valence-corrected chi connectivity index (χ4v) is 2.91. The second-order valence-corrected chi connectivity index (χ2v) is 6.37. The molecule has 116 valence electrons. The number of rotatable bonds is 9. The van der Waals surface area contributed by atoms with E-state index in [-0.39, 0.29) is 0 Å². The summed E-state index contributed by atoms with van der Waals surface area (Å²) in [6.07, 6.45) is 4.76. The predicted molar refractivity (Wildman–Crippen MR) is 82.6 cm³/mol. The van der Waals surface area contributed by atoms with Gasteiger partial charge in [-0.2, -0.15) is 5.26 Å². The van der Waals surface area contributed by atoms with Crippen molar-refractivity contribution in [1.29, 1.82) is 5.26 Å². The minimum Gasteiger partial charge on any atom is -0.377 e. The average molecular weight is 281 g/mol. The van der Waals surface area contributed by atoms with Gasteiger partial charge in [0.15, 0.2) is 0 Å². The van der Waals surface area contributed by atoms with E-state index in [1.54, 1.807) is 0 Å². The summed E-state index contributed by atoms with van der Waals surface area (Å²) in [7, 11) is 0. The van der Waals surface area contributed by atoms with E-state index in [1.807, 2.05) is 6.92 Å². The fraction of sp³-hybridized carbons (Fsp3) is 0.938. The molecule has 0 aromatic heterocycles. The minimum atomic E-state index is -0.405. The fourth-order valence-electron chi connectivity index (χ4n) is 2.91. The normalized spacial score (nSPS) is 22.1. The van der Waals surface area contributed by atoms with Gasteiger partial charge < -0.3 is 9.64 Å². The Kier molecular flexibility index (Phi) is 7.50. The molecule has 1 fully saturated rings. The van der Waals surface area contributed by atoms with Crippen molar-refractivity contribution >= 4 is 0 Å². The molecule has 1 saturated heterocycles. The van der Waals surface area contributed by atoms with Gasteiger partial charge in [0.05, 0.1) is 12.2 Å². The third kappa shape index (κ3) is 6.21. The Morgan fingerprint density at radius 3 is 2.75 bits per heavy atom. The molecule has 20 heavy (non-hydrogen) atoms. The minimum absolute atomic E-state index is 0.341. The number of ether oxygens (including phenoxy) is 1. The molecule has 0 saturated carbocycles. The maximum Gasteiger partial charge on any atom is 0.104 e. The van der Waals surface area contributed by atoms with Gasteiger partial charge in [-0.25, -0.2) is 0 Å². The lowest BCUT2D eigenvalue weighted by Gasteiger charge is -2.28. The third-order valence-corrected chi connectivity index (χ3v) is 3.94. The third-order valence-electron chi connectivity index (χ3n) is 3.94. The summed E-state index contributed by atoms with van der Waals surface area (Å²) in [4.78, 5) is 2.45. The first kappa shape index (κ1) is 17.4. The first-order valence-electron chi connectivity index (χ1n) is 8.02. The van der Waals surface area contributed by atoms with Gasteiger partial charge in [-0.1, -0.05) is 6.92 Å². The summed E-state index contributed by atoms with van der Waals surface area (Å²) in [5, 5.41) is 12.7. The quantitative estimate of drug-likeness (QED) is 0.705. The lowest BCUT2D eigenvalue weighted by Crippen LogP contribution is -2.45. The monoisotopic (exact) mass is 281 g/mol. The smallest absolute Gasteiger partial charge is 0.104 e. The van der Waals surface area contributed by atoms with Crippen LogP contribution in [-0.2, 0) is 4.74 Å². The molecule has 0 aliphatic carbocycles. The molecule has 0 radical (unpaired) electrons. The predicted octanol–water partition coefficient (Wildman–Crippen LogP) is 2.55. The Morgan fingerprint density at radius 2 is 2.25 bits per heavy atom. The summed E-state index contributed by atoms with van der Waals surface area (Å²) in [5.41, 5.74) is -0.405. The SMILES string of the molecule is CCN(CCCC(C)(C#N)NC(C)C)CC1CCCO1. The van der Waals surface area contributed by atoms with Crippen LogP contribution in [-0.4, -0.2) is 48.8 Å². The summed E-state index contributed by atoms with van der Waals surface area (Å²) in [6.45, 7) is 12.4. The molecule has 4 nitrogen and oxygen atoms in total.